The van der Waals surface area contributed by atoms with Gasteiger partial charge in [-0.25, -0.2) is 17.6 Å². The lowest BCUT2D eigenvalue weighted by Crippen LogP contribution is -2.52. The summed E-state index contributed by atoms with van der Waals surface area (Å²) in [5.74, 6) is -5.77. The molecule has 0 radical (unpaired) electrons. The van der Waals surface area contributed by atoms with Crippen LogP contribution in [0.1, 0.15) is 48.4 Å². The van der Waals surface area contributed by atoms with Crippen LogP contribution < -0.4 is 10.0 Å². The van der Waals surface area contributed by atoms with Crippen molar-refractivity contribution >= 4 is 11.7 Å². The van der Waals surface area contributed by atoms with Gasteiger partial charge in [0.25, 0.3) is 5.92 Å². The van der Waals surface area contributed by atoms with Crippen LogP contribution in [-0.4, -0.2) is 45.6 Å². The van der Waals surface area contributed by atoms with Crippen molar-refractivity contribution in [2.45, 2.75) is 50.1 Å². The van der Waals surface area contributed by atoms with Gasteiger partial charge in [0.15, 0.2) is 18.2 Å². The zero-order valence-electron chi connectivity index (χ0n) is 19.5. The van der Waals surface area contributed by atoms with E-state index in [-0.39, 0.29) is 19.0 Å². The van der Waals surface area contributed by atoms with Gasteiger partial charge in [0.1, 0.15) is 11.6 Å². The van der Waals surface area contributed by atoms with Gasteiger partial charge in [-0.15, -0.1) is 0 Å². The number of benzene rings is 1. The number of hydrogen-bond acceptors (Lipinski definition) is 4. The van der Waals surface area contributed by atoms with Crippen LogP contribution in [0.15, 0.2) is 48.8 Å². The largest absolute Gasteiger partial charge is 0.619 e. The predicted molar refractivity (Wildman–Crippen MR) is 122 cm³/mol. The van der Waals surface area contributed by atoms with Crippen LogP contribution in [0.25, 0.3) is 0 Å². The third-order valence-corrected chi connectivity index (χ3v) is 7.15. The Labute approximate surface area is 204 Å². The molecule has 4 heterocycles. The Kier molecular flexibility index (Phi) is 6.19. The number of aromatic nitrogens is 3. The highest BCUT2D eigenvalue weighted by Crippen LogP contribution is 2.41. The monoisotopic (exact) mass is 503 g/mol. The molecule has 1 aromatic carbocycles. The number of anilines is 1. The van der Waals surface area contributed by atoms with E-state index in [0.29, 0.717) is 34.6 Å². The molecular formula is C25H25F4N5O2. The van der Waals surface area contributed by atoms with Gasteiger partial charge in [0.2, 0.25) is 5.91 Å². The molecule has 1 amide bonds. The molecule has 11 heteroatoms. The van der Waals surface area contributed by atoms with Gasteiger partial charge in [0, 0.05) is 61.9 Å². The minimum atomic E-state index is -2.96. The second kappa shape index (κ2) is 9.20. The zero-order valence-corrected chi connectivity index (χ0v) is 19.5. The van der Waals surface area contributed by atoms with Crippen molar-refractivity contribution in [2.75, 3.05) is 18.4 Å². The first-order valence-corrected chi connectivity index (χ1v) is 11.8. The molecule has 3 aromatic rings. The van der Waals surface area contributed by atoms with Crippen LogP contribution in [0.4, 0.5) is 23.4 Å². The van der Waals surface area contributed by atoms with Crippen LogP contribution in [-0.2, 0) is 11.3 Å². The SMILES string of the molecule is C[C@H](C(=O)Nc1cc2n(n1)CC[C@H]2c1cc(F)cc(F)c1)N1CCC(F)(F)[C@@H](c2cc[n+]([O-])cc2)C1. The van der Waals surface area contributed by atoms with Gasteiger partial charge >= 0.3 is 0 Å². The summed E-state index contributed by atoms with van der Waals surface area (Å²) in [7, 11) is 0. The van der Waals surface area contributed by atoms with E-state index < -0.39 is 41.8 Å². The lowest BCUT2D eigenvalue weighted by molar-refractivity contribution is -0.605. The van der Waals surface area contributed by atoms with E-state index in [4.69, 9.17) is 0 Å². The van der Waals surface area contributed by atoms with Crippen molar-refractivity contribution in [3.63, 3.8) is 0 Å². The van der Waals surface area contributed by atoms with E-state index in [1.54, 1.807) is 22.6 Å². The lowest BCUT2D eigenvalue weighted by Gasteiger charge is -2.40. The predicted octanol–water partition coefficient (Wildman–Crippen LogP) is 3.78. The van der Waals surface area contributed by atoms with Gasteiger partial charge in [-0.3, -0.25) is 14.4 Å². The average Bonchev–Trinajstić information content (AvgIpc) is 3.39. The Morgan fingerprint density at radius 3 is 2.53 bits per heavy atom. The van der Waals surface area contributed by atoms with E-state index in [0.717, 1.165) is 11.8 Å². The smallest absolute Gasteiger partial charge is 0.257 e. The molecule has 7 nitrogen and oxygen atoms in total. The molecule has 36 heavy (non-hydrogen) atoms. The maximum atomic E-state index is 14.7. The third-order valence-electron chi connectivity index (χ3n) is 7.15. The van der Waals surface area contributed by atoms with Crippen LogP contribution in [0.3, 0.4) is 0 Å². The highest BCUT2D eigenvalue weighted by atomic mass is 19.3. The van der Waals surface area contributed by atoms with Crippen molar-refractivity contribution in [1.82, 2.24) is 14.7 Å². The first-order valence-electron chi connectivity index (χ1n) is 11.8. The maximum absolute atomic E-state index is 14.7. The lowest BCUT2D eigenvalue weighted by atomic mass is 9.87. The summed E-state index contributed by atoms with van der Waals surface area (Å²) in [5, 5.41) is 18.5. The molecular weight excluding hydrogens is 478 g/mol. The Bertz CT molecular complexity index is 1260. The summed E-state index contributed by atoms with van der Waals surface area (Å²) < 4.78 is 59.0. The van der Waals surface area contributed by atoms with Gasteiger partial charge in [0.05, 0.1) is 12.0 Å². The number of pyridine rings is 1. The number of fused-ring (bicyclic) bond motifs is 1. The van der Waals surface area contributed by atoms with Crippen molar-refractivity contribution in [3.05, 3.63) is 82.5 Å². The standard InChI is InChI=1S/C25H25F4N5O2/c1-15(32-9-5-25(28,29)21(14-32)16-2-6-33(36)7-3-16)24(35)30-23-13-22-20(4-8-34(22)31-23)17-10-18(26)12-19(27)11-17/h2-3,6-7,10-13,15,20-21H,4-5,8-9,14H2,1H3,(H,30,31,35)/t15-,20+,21-/m1/s1. The number of carbonyl (C=O) groups excluding carboxylic acids is 1. The van der Waals surface area contributed by atoms with Crippen molar-refractivity contribution < 1.29 is 27.1 Å². The van der Waals surface area contributed by atoms with E-state index in [1.165, 1.54) is 36.7 Å². The molecule has 0 spiro atoms. The second-order valence-corrected chi connectivity index (χ2v) is 9.44. The number of halogens is 4. The fraction of sp³-hybridized carbons (Fsp3) is 0.400. The molecule has 1 N–H and O–H groups in total. The number of alkyl halides is 2. The quantitative estimate of drug-likeness (QED) is 0.327. The third kappa shape index (κ3) is 4.67. The van der Waals surface area contributed by atoms with Gasteiger partial charge in [-0.1, -0.05) is 0 Å². The number of amides is 1. The topological polar surface area (TPSA) is 77.1 Å². The van der Waals surface area contributed by atoms with Crippen LogP contribution >= 0.6 is 0 Å². The number of aryl methyl sites for hydroxylation is 1. The summed E-state index contributed by atoms with van der Waals surface area (Å²) >= 11 is 0. The number of nitrogens with zero attached hydrogens (tertiary/aromatic N) is 4. The molecule has 0 saturated carbocycles. The Morgan fingerprint density at radius 1 is 1.14 bits per heavy atom. The highest BCUT2D eigenvalue weighted by molar-refractivity contribution is 5.93. The average molecular weight is 504 g/mol. The van der Waals surface area contributed by atoms with Crippen LogP contribution in [0, 0.1) is 16.8 Å². The number of piperidine rings is 1. The molecule has 1 fully saturated rings. The Morgan fingerprint density at radius 2 is 1.83 bits per heavy atom. The van der Waals surface area contributed by atoms with Crippen molar-refractivity contribution in [1.29, 1.82) is 0 Å². The molecule has 2 aliphatic rings. The molecule has 3 atom stereocenters. The van der Waals surface area contributed by atoms with Crippen molar-refractivity contribution in [2.24, 2.45) is 0 Å². The summed E-state index contributed by atoms with van der Waals surface area (Å²) in [6.45, 7) is 2.18. The van der Waals surface area contributed by atoms with Crippen LogP contribution in [0.2, 0.25) is 0 Å². The number of rotatable bonds is 5. The van der Waals surface area contributed by atoms with Gasteiger partial charge in [-0.2, -0.15) is 9.83 Å². The fourth-order valence-corrected chi connectivity index (χ4v) is 5.15. The van der Waals surface area contributed by atoms with Crippen LogP contribution in [0.5, 0.6) is 0 Å². The molecule has 5 rings (SSSR count). The molecule has 0 bridgehead atoms. The van der Waals surface area contributed by atoms with Crippen molar-refractivity contribution in [3.8, 4) is 0 Å². The normalized spacial score (nSPS) is 22.2. The fourth-order valence-electron chi connectivity index (χ4n) is 5.15. The molecule has 0 unspecified atom stereocenters. The Balaban J connectivity index is 1.28. The summed E-state index contributed by atoms with van der Waals surface area (Å²) in [5.41, 5.74) is 1.58. The Hall–Kier alpha value is -3.47. The van der Waals surface area contributed by atoms with E-state index in [9.17, 15) is 27.6 Å². The van der Waals surface area contributed by atoms with Gasteiger partial charge in [-0.05, 0) is 36.6 Å². The first-order chi connectivity index (χ1) is 17.1. The summed E-state index contributed by atoms with van der Waals surface area (Å²) in [4.78, 5) is 14.7. The van der Waals surface area contributed by atoms with Gasteiger partial charge < -0.3 is 10.5 Å². The molecule has 2 aromatic heterocycles. The number of hydrogen-bond donors (Lipinski definition) is 1. The second-order valence-electron chi connectivity index (χ2n) is 9.44. The number of likely N-dealkylation sites (tertiary alicyclic amines) is 1. The van der Waals surface area contributed by atoms with E-state index in [2.05, 4.69) is 10.4 Å². The number of carbonyl (C=O) groups is 1. The zero-order chi connectivity index (χ0) is 25.6. The van der Waals surface area contributed by atoms with E-state index >= 15 is 0 Å². The first kappa shape index (κ1) is 24.2. The summed E-state index contributed by atoms with van der Waals surface area (Å²) in [6.07, 6.45) is 2.59. The van der Waals surface area contributed by atoms with E-state index in [1.807, 2.05) is 0 Å². The molecule has 2 aliphatic heterocycles. The highest BCUT2D eigenvalue weighted by Gasteiger charge is 2.46. The molecule has 0 aliphatic carbocycles. The summed E-state index contributed by atoms with van der Waals surface area (Å²) in [6, 6.07) is 7.15. The molecule has 190 valence electrons. The minimum absolute atomic E-state index is 0.0410. The minimum Gasteiger partial charge on any atom is -0.619 e. The number of nitrogens with one attached hydrogen (secondary N) is 1. The molecule has 1 saturated heterocycles. The maximum Gasteiger partial charge on any atom is 0.257 e.